The number of methoxy groups -OCH3 is 1. The number of nitrogens with zero attached hydrogens (tertiary/aromatic N) is 4. The fraction of sp³-hybridized carbons (Fsp3) is 0.600. The van der Waals surface area contributed by atoms with Gasteiger partial charge in [-0.25, -0.2) is 14.4 Å². The zero-order chi connectivity index (χ0) is 44.0. The molecule has 0 aromatic heterocycles. The number of alkyl carbamates (subject to hydrolysis) is 1. The first kappa shape index (κ1) is 46.8. The Kier molecular flexibility index (Phi) is 15.4. The average Bonchev–Trinajstić information content (AvgIpc) is 3.89. The van der Waals surface area contributed by atoms with Crippen LogP contribution in [0, 0.1) is 5.92 Å². The molecule has 0 aliphatic carbocycles. The van der Waals surface area contributed by atoms with Gasteiger partial charge < -0.3 is 53.5 Å². The van der Waals surface area contributed by atoms with Gasteiger partial charge in [0.2, 0.25) is 18.2 Å². The number of allylic oxidation sites excluding steroid dienone is 3. The molecule has 3 aliphatic rings. The van der Waals surface area contributed by atoms with Crippen molar-refractivity contribution >= 4 is 53.7 Å². The molecule has 59 heavy (non-hydrogen) atoms. The molecule has 3 N–H and O–H groups in total. The first-order chi connectivity index (χ1) is 27.6. The zero-order valence-electron chi connectivity index (χ0n) is 34.9. The highest BCUT2D eigenvalue weighted by molar-refractivity contribution is 6.35. The first-order valence-corrected chi connectivity index (χ1v) is 19.6. The van der Waals surface area contributed by atoms with Crippen molar-refractivity contribution < 1.29 is 62.7 Å². The van der Waals surface area contributed by atoms with Gasteiger partial charge in [0, 0.05) is 53.6 Å². The lowest BCUT2D eigenvalue weighted by molar-refractivity contribution is -0.162. The summed E-state index contributed by atoms with van der Waals surface area (Å²) in [6, 6.07) is 2.30. The van der Waals surface area contributed by atoms with Crippen LogP contribution in [0.25, 0.3) is 0 Å². The predicted octanol–water partition coefficient (Wildman–Crippen LogP) is 2.41. The molecule has 8 atom stereocenters. The quantitative estimate of drug-likeness (QED) is 0.126. The number of rotatable bonds is 11. The second-order valence-corrected chi connectivity index (χ2v) is 15.9. The Morgan fingerprint density at radius 2 is 1.88 bits per heavy atom. The van der Waals surface area contributed by atoms with Crippen molar-refractivity contribution in [1.29, 1.82) is 0 Å². The average molecular weight is 850 g/mol. The highest BCUT2D eigenvalue weighted by Crippen LogP contribution is 2.49. The van der Waals surface area contributed by atoms with Crippen LogP contribution in [0.5, 0.6) is 5.75 Å². The Balaban J connectivity index is 1.60. The molecular formula is C40H56ClN5O13. The topological polar surface area (TPSA) is 217 Å². The summed E-state index contributed by atoms with van der Waals surface area (Å²) in [6.45, 7) is 6.87. The Morgan fingerprint density at radius 3 is 2.54 bits per heavy atom. The van der Waals surface area contributed by atoms with Crippen LogP contribution in [0.4, 0.5) is 15.3 Å². The van der Waals surface area contributed by atoms with Crippen molar-refractivity contribution in [2.75, 3.05) is 59.9 Å². The SMILES string of the molecule is COc1cc2cc(c1Cl)N(C)C(=O)C[C@H](OC(=O)[C@H](C)N(C)C(=O)CCOC(=O)N(C)CCN(C)C=O)[C@]1(C)O[C@H]1[C@H](C)[C@@H]1C[C@@](O)(NC(=O)O1)[C@H](O)/C=C/C=C(\C)C2. The van der Waals surface area contributed by atoms with Gasteiger partial charge in [0.05, 0.1) is 31.7 Å². The summed E-state index contributed by atoms with van der Waals surface area (Å²) < 4.78 is 28.5. The Morgan fingerprint density at radius 1 is 1.19 bits per heavy atom. The minimum atomic E-state index is -2.10. The van der Waals surface area contributed by atoms with E-state index in [-0.39, 0.29) is 37.6 Å². The van der Waals surface area contributed by atoms with E-state index in [1.54, 1.807) is 45.2 Å². The fourth-order valence-corrected chi connectivity index (χ4v) is 7.23. The van der Waals surface area contributed by atoms with Crippen molar-refractivity contribution in [1.82, 2.24) is 20.0 Å². The molecule has 1 aromatic carbocycles. The van der Waals surface area contributed by atoms with Crippen molar-refractivity contribution in [3.63, 3.8) is 0 Å². The van der Waals surface area contributed by atoms with Crippen LogP contribution >= 0.6 is 11.6 Å². The van der Waals surface area contributed by atoms with E-state index in [9.17, 15) is 39.0 Å². The van der Waals surface area contributed by atoms with Gasteiger partial charge in [-0.05, 0) is 44.9 Å². The van der Waals surface area contributed by atoms with Gasteiger partial charge in [-0.1, -0.05) is 42.3 Å². The number of aliphatic hydroxyl groups is 2. The number of ether oxygens (including phenoxy) is 5. The fourth-order valence-electron chi connectivity index (χ4n) is 6.92. The van der Waals surface area contributed by atoms with Crippen LogP contribution in [0.3, 0.4) is 0 Å². The monoisotopic (exact) mass is 849 g/mol. The molecule has 2 saturated heterocycles. The number of nitrogens with one attached hydrogen (secondary N) is 1. The normalized spacial score (nSPS) is 28.9. The Bertz CT molecular complexity index is 1830. The summed E-state index contributed by atoms with van der Waals surface area (Å²) in [5, 5.41) is 25.0. The maximum atomic E-state index is 14.2. The number of epoxide rings is 1. The zero-order valence-corrected chi connectivity index (χ0v) is 35.7. The van der Waals surface area contributed by atoms with Crippen molar-refractivity contribution in [2.45, 2.75) is 95.2 Å². The van der Waals surface area contributed by atoms with Crippen molar-refractivity contribution in [3.8, 4) is 5.75 Å². The highest BCUT2D eigenvalue weighted by Gasteiger charge is 2.64. The second-order valence-electron chi connectivity index (χ2n) is 15.6. The van der Waals surface area contributed by atoms with Gasteiger partial charge >= 0.3 is 18.2 Å². The number of esters is 1. The van der Waals surface area contributed by atoms with E-state index in [1.807, 2.05) is 6.92 Å². The molecule has 19 heteroatoms. The summed E-state index contributed by atoms with van der Waals surface area (Å²) in [4.78, 5) is 82.1. The molecule has 0 saturated carbocycles. The summed E-state index contributed by atoms with van der Waals surface area (Å²) >= 11 is 6.74. The van der Waals surface area contributed by atoms with E-state index in [2.05, 4.69) is 5.32 Å². The van der Waals surface area contributed by atoms with Gasteiger partial charge in [0.15, 0.2) is 5.72 Å². The summed E-state index contributed by atoms with van der Waals surface area (Å²) in [5.74, 6) is -2.23. The molecule has 5 amide bonds. The predicted molar refractivity (Wildman–Crippen MR) is 213 cm³/mol. The van der Waals surface area contributed by atoms with E-state index in [1.165, 1.54) is 56.0 Å². The van der Waals surface area contributed by atoms with Crippen molar-refractivity contribution in [3.05, 3.63) is 46.5 Å². The number of carbonyl (C=O) groups is 6. The lowest BCUT2D eigenvalue weighted by atomic mass is 9.83. The number of hydrogen-bond acceptors (Lipinski definition) is 13. The summed E-state index contributed by atoms with van der Waals surface area (Å²) in [5.41, 5.74) is -1.52. The molecule has 1 aromatic rings. The van der Waals surface area contributed by atoms with Crippen LogP contribution in [0.2, 0.25) is 5.02 Å². The number of likely N-dealkylation sites (N-methyl/N-ethyl adjacent to an activating group) is 3. The molecule has 3 aliphatic heterocycles. The van der Waals surface area contributed by atoms with Crippen LogP contribution in [0.15, 0.2) is 35.9 Å². The number of hydrogen-bond donors (Lipinski definition) is 3. The molecule has 0 radical (unpaired) electrons. The summed E-state index contributed by atoms with van der Waals surface area (Å²) in [6.07, 6.45) is -1.39. The van der Waals surface area contributed by atoms with Gasteiger partial charge in [0.1, 0.15) is 47.3 Å². The third kappa shape index (κ3) is 11.2. The van der Waals surface area contributed by atoms with Gasteiger partial charge in [-0.15, -0.1) is 0 Å². The standard InChI is InChI=1S/C40H56ClN5O13/c1-23-11-10-12-30(48)40(54)21-29(57-37(52)42-40)24(2)35-39(4,59-35)31(20-33(50)46(8)27-18-26(17-23)19-28(55-9)34(27)41)58-36(51)25(3)45(7)32(49)13-16-56-38(53)44(6)15-14-43(5)22-47/h10-12,18-19,22,24-25,29-31,35,48,54H,13-17,20-21H2,1-9H3,(H,42,52)/b12-10+,23-11+/t24-,25+,29+,30-,31+,35+,39+,40+/m1/s1. The molecule has 4 rings (SSSR count). The minimum absolute atomic E-state index is 0.169. The Hall–Kier alpha value is -4.91. The first-order valence-electron chi connectivity index (χ1n) is 19.2. The number of anilines is 1. The summed E-state index contributed by atoms with van der Waals surface area (Å²) in [7, 11) is 7.41. The van der Waals surface area contributed by atoms with E-state index < -0.39 is 84.1 Å². The molecular weight excluding hydrogens is 794 g/mol. The number of halogens is 1. The molecule has 0 spiro atoms. The number of aliphatic hydroxyl groups excluding tert-OH is 1. The molecule has 0 unspecified atom stereocenters. The molecule has 3 heterocycles. The molecule has 2 fully saturated rings. The minimum Gasteiger partial charge on any atom is -0.495 e. The van der Waals surface area contributed by atoms with Crippen molar-refractivity contribution in [2.24, 2.45) is 5.92 Å². The lowest BCUT2D eigenvalue weighted by Gasteiger charge is -2.41. The largest absolute Gasteiger partial charge is 0.495 e. The third-order valence-electron chi connectivity index (χ3n) is 11.1. The number of benzene rings is 1. The molecule has 4 bridgehead atoms. The van der Waals surface area contributed by atoms with Gasteiger partial charge in [-0.3, -0.25) is 19.7 Å². The van der Waals surface area contributed by atoms with Crippen LogP contribution in [0.1, 0.15) is 52.5 Å². The van der Waals surface area contributed by atoms with Crippen LogP contribution < -0.4 is 15.0 Å². The van der Waals surface area contributed by atoms with E-state index in [0.717, 1.165) is 16.0 Å². The third-order valence-corrected chi connectivity index (χ3v) is 11.5. The number of amides is 5. The smallest absolute Gasteiger partial charge is 0.409 e. The molecule has 326 valence electrons. The van der Waals surface area contributed by atoms with Gasteiger partial charge in [-0.2, -0.15) is 0 Å². The van der Waals surface area contributed by atoms with E-state index in [0.29, 0.717) is 24.3 Å². The van der Waals surface area contributed by atoms with Crippen LogP contribution in [-0.4, -0.2) is 158 Å². The molecule has 18 nitrogen and oxygen atoms in total. The second kappa shape index (κ2) is 19.4. The number of fused-ring (bicyclic) bond motifs is 5. The number of carbonyl (C=O) groups excluding carboxylic acids is 6. The van der Waals surface area contributed by atoms with Crippen LogP contribution in [-0.2, 0) is 44.5 Å². The maximum absolute atomic E-state index is 14.2. The highest BCUT2D eigenvalue weighted by atomic mass is 35.5. The van der Waals surface area contributed by atoms with E-state index >= 15 is 0 Å². The lowest BCUT2D eigenvalue weighted by Crippen LogP contribution is -2.63. The van der Waals surface area contributed by atoms with E-state index in [4.69, 9.17) is 35.3 Å². The maximum Gasteiger partial charge on any atom is 0.409 e. The van der Waals surface area contributed by atoms with Gasteiger partial charge in [0.25, 0.3) is 0 Å². The Labute approximate surface area is 348 Å².